The van der Waals surface area contributed by atoms with E-state index in [0.717, 1.165) is 12.0 Å². The van der Waals surface area contributed by atoms with Crippen molar-refractivity contribution in [3.63, 3.8) is 0 Å². The number of carbonyl (C=O) groups is 2. The maximum atomic E-state index is 13.2. The summed E-state index contributed by atoms with van der Waals surface area (Å²) in [5.41, 5.74) is 1.13. The first kappa shape index (κ1) is 18.9. The molecule has 7 nitrogen and oxygen atoms in total. The quantitative estimate of drug-likeness (QED) is 0.737. The average molecular weight is 391 g/mol. The number of nitrogens with zero attached hydrogens (tertiary/aromatic N) is 3. The summed E-state index contributed by atoms with van der Waals surface area (Å²) in [6, 6.07) is 14.0. The van der Waals surface area contributed by atoms with E-state index < -0.39 is 5.97 Å². The van der Waals surface area contributed by atoms with E-state index in [2.05, 4.69) is 5.10 Å². The number of benzene rings is 2. The van der Waals surface area contributed by atoms with Gasteiger partial charge in [0.05, 0.1) is 10.9 Å². The molecule has 0 bridgehead atoms. The minimum absolute atomic E-state index is 0.179. The zero-order chi connectivity index (χ0) is 20.5. The lowest BCUT2D eigenvalue weighted by Crippen LogP contribution is -2.32. The third kappa shape index (κ3) is 3.51. The van der Waals surface area contributed by atoms with Crippen LogP contribution in [0, 0.1) is 5.92 Å². The van der Waals surface area contributed by atoms with Gasteiger partial charge in [0.15, 0.2) is 5.69 Å². The highest BCUT2D eigenvalue weighted by Gasteiger charge is 2.30. The second-order valence-corrected chi connectivity index (χ2v) is 7.40. The molecule has 1 aliphatic rings. The lowest BCUT2D eigenvalue weighted by atomic mass is 9.95. The number of carboxylic acid groups (broad SMARTS) is 1. The van der Waals surface area contributed by atoms with Gasteiger partial charge in [-0.05, 0) is 36.5 Å². The van der Waals surface area contributed by atoms with Crippen LogP contribution in [0.25, 0.3) is 10.8 Å². The molecule has 0 aliphatic carbocycles. The van der Waals surface area contributed by atoms with E-state index in [-0.39, 0.29) is 23.1 Å². The van der Waals surface area contributed by atoms with Crippen molar-refractivity contribution in [3.8, 4) is 0 Å². The van der Waals surface area contributed by atoms with Crippen LogP contribution in [-0.4, -0.2) is 44.8 Å². The van der Waals surface area contributed by atoms with E-state index in [1.54, 1.807) is 48.3 Å². The van der Waals surface area contributed by atoms with Crippen molar-refractivity contribution in [2.75, 3.05) is 13.1 Å². The van der Waals surface area contributed by atoms with Crippen LogP contribution < -0.4 is 5.56 Å². The van der Waals surface area contributed by atoms with Crippen molar-refractivity contribution in [2.45, 2.75) is 12.8 Å². The Morgan fingerprint density at radius 3 is 2.55 bits per heavy atom. The van der Waals surface area contributed by atoms with Gasteiger partial charge in [0.2, 0.25) is 0 Å². The Hall–Kier alpha value is -3.48. The molecule has 1 amide bonds. The Labute approximate surface area is 167 Å². The van der Waals surface area contributed by atoms with Crippen LogP contribution in [-0.2, 0) is 13.5 Å². The van der Waals surface area contributed by atoms with E-state index in [1.165, 1.54) is 4.68 Å². The van der Waals surface area contributed by atoms with Crippen LogP contribution in [0.3, 0.4) is 0 Å². The number of amides is 1. The van der Waals surface area contributed by atoms with Crippen LogP contribution >= 0.6 is 0 Å². The lowest BCUT2D eigenvalue weighted by Gasteiger charge is -2.18. The molecule has 0 saturated carbocycles. The van der Waals surface area contributed by atoms with E-state index in [1.807, 2.05) is 12.1 Å². The van der Waals surface area contributed by atoms with Crippen molar-refractivity contribution < 1.29 is 14.7 Å². The fraction of sp³-hybridized carbons (Fsp3) is 0.273. The maximum Gasteiger partial charge on any atom is 0.335 e. The summed E-state index contributed by atoms with van der Waals surface area (Å²) in [6.45, 7) is 1.11. The summed E-state index contributed by atoms with van der Waals surface area (Å²) < 4.78 is 1.20. The molecule has 0 radical (unpaired) electrons. The second kappa shape index (κ2) is 7.50. The highest BCUT2D eigenvalue weighted by molar-refractivity contribution is 6.04. The third-order valence-corrected chi connectivity index (χ3v) is 5.49. The van der Waals surface area contributed by atoms with Crippen LogP contribution in [0.1, 0.15) is 32.8 Å². The number of carbonyl (C=O) groups excluding carboxylic acids is 1. The standard InChI is InChI=1S/C22H21N3O4/c1-24-20(26)18-9-5-4-8-17(18)19(23-24)21(27)25-11-10-14(13-25)12-15-6-2-3-7-16(15)22(28)29/h2-9,14H,10-13H2,1H3,(H,28,29). The molecule has 1 unspecified atom stereocenters. The third-order valence-electron chi connectivity index (χ3n) is 5.49. The fourth-order valence-corrected chi connectivity index (χ4v) is 4.01. The van der Waals surface area contributed by atoms with E-state index in [0.29, 0.717) is 35.8 Å². The van der Waals surface area contributed by atoms with Crippen LogP contribution in [0.4, 0.5) is 0 Å². The Bertz CT molecular complexity index is 1170. The van der Waals surface area contributed by atoms with Gasteiger partial charge in [-0.2, -0.15) is 5.10 Å². The summed E-state index contributed by atoms with van der Waals surface area (Å²) in [4.78, 5) is 38.6. The molecule has 1 saturated heterocycles. The Kier molecular flexibility index (Phi) is 4.88. The number of hydrogen-bond donors (Lipinski definition) is 1. The maximum absolute atomic E-state index is 13.2. The van der Waals surface area contributed by atoms with Crippen molar-refractivity contribution in [3.05, 3.63) is 75.7 Å². The van der Waals surface area contributed by atoms with Crippen LogP contribution in [0.5, 0.6) is 0 Å². The Balaban J connectivity index is 1.57. The van der Waals surface area contributed by atoms with E-state index in [9.17, 15) is 19.5 Å². The number of likely N-dealkylation sites (tertiary alicyclic amines) is 1. The first-order chi connectivity index (χ1) is 14.0. The highest BCUT2D eigenvalue weighted by atomic mass is 16.4. The average Bonchev–Trinajstić information content (AvgIpc) is 3.19. The van der Waals surface area contributed by atoms with Crippen LogP contribution in [0.15, 0.2) is 53.3 Å². The minimum atomic E-state index is -0.938. The van der Waals surface area contributed by atoms with Gasteiger partial charge in [0.25, 0.3) is 11.5 Å². The molecule has 2 heterocycles. The molecule has 4 rings (SSSR count). The summed E-state index contributed by atoms with van der Waals surface area (Å²) in [6.07, 6.45) is 1.40. The molecular formula is C22H21N3O4. The summed E-state index contributed by atoms with van der Waals surface area (Å²) >= 11 is 0. The summed E-state index contributed by atoms with van der Waals surface area (Å²) in [5.74, 6) is -0.962. The number of aromatic carboxylic acids is 1. The summed E-state index contributed by atoms with van der Waals surface area (Å²) in [5, 5.41) is 14.6. The number of aromatic nitrogens is 2. The predicted molar refractivity (Wildman–Crippen MR) is 108 cm³/mol. The number of rotatable bonds is 4. The van der Waals surface area contributed by atoms with Gasteiger partial charge in [-0.1, -0.05) is 36.4 Å². The van der Waals surface area contributed by atoms with Crippen molar-refractivity contribution in [2.24, 2.45) is 13.0 Å². The van der Waals surface area contributed by atoms with Gasteiger partial charge in [0, 0.05) is 25.5 Å². The molecule has 1 aliphatic heterocycles. The van der Waals surface area contributed by atoms with Gasteiger partial charge in [0.1, 0.15) is 0 Å². The number of aryl methyl sites for hydroxylation is 1. The van der Waals surface area contributed by atoms with Gasteiger partial charge >= 0.3 is 5.97 Å². The Morgan fingerprint density at radius 1 is 1.10 bits per heavy atom. The SMILES string of the molecule is Cn1nc(C(=O)N2CCC(Cc3ccccc3C(=O)O)C2)c2ccccc2c1=O. The molecule has 3 aromatic rings. The van der Waals surface area contributed by atoms with E-state index in [4.69, 9.17) is 0 Å². The molecule has 148 valence electrons. The van der Waals surface area contributed by atoms with Gasteiger partial charge in [-0.15, -0.1) is 0 Å². The zero-order valence-electron chi connectivity index (χ0n) is 16.0. The Morgan fingerprint density at radius 2 is 1.79 bits per heavy atom. The van der Waals surface area contributed by atoms with Crippen molar-refractivity contribution >= 4 is 22.6 Å². The molecular weight excluding hydrogens is 370 g/mol. The van der Waals surface area contributed by atoms with Crippen molar-refractivity contribution in [1.82, 2.24) is 14.7 Å². The van der Waals surface area contributed by atoms with Crippen LogP contribution in [0.2, 0.25) is 0 Å². The zero-order valence-corrected chi connectivity index (χ0v) is 16.0. The number of carboxylic acids is 1. The highest BCUT2D eigenvalue weighted by Crippen LogP contribution is 2.25. The molecule has 2 aromatic carbocycles. The molecule has 1 atom stereocenters. The summed E-state index contributed by atoms with van der Waals surface area (Å²) in [7, 11) is 1.54. The van der Waals surface area contributed by atoms with E-state index >= 15 is 0 Å². The van der Waals surface area contributed by atoms with Gasteiger partial charge < -0.3 is 10.0 Å². The number of hydrogen-bond acceptors (Lipinski definition) is 4. The first-order valence-corrected chi connectivity index (χ1v) is 9.52. The molecule has 29 heavy (non-hydrogen) atoms. The second-order valence-electron chi connectivity index (χ2n) is 7.40. The van der Waals surface area contributed by atoms with Crippen molar-refractivity contribution in [1.29, 1.82) is 0 Å². The van der Waals surface area contributed by atoms with Gasteiger partial charge in [-0.25, -0.2) is 9.48 Å². The first-order valence-electron chi connectivity index (χ1n) is 9.52. The predicted octanol–water partition coefficient (Wildman–Crippen LogP) is 2.34. The smallest absolute Gasteiger partial charge is 0.335 e. The molecule has 1 N–H and O–H groups in total. The van der Waals surface area contributed by atoms with Gasteiger partial charge in [-0.3, -0.25) is 9.59 Å². The molecule has 1 fully saturated rings. The monoisotopic (exact) mass is 391 g/mol. The lowest BCUT2D eigenvalue weighted by molar-refractivity contribution is 0.0694. The largest absolute Gasteiger partial charge is 0.478 e. The molecule has 7 heteroatoms. The topological polar surface area (TPSA) is 92.5 Å². The fourth-order valence-electron chi connectivity index (χ4n) is 4.01. The normalized spacial score (nSPS) is 16.3. The molecule has 1 aromatic heterocycles. The minimum Gasteiger partial charge on any atom is -0.478 e. The molecule has 0 spiro atoms. The number of fused-ring (bicyclic) bond motifs is 1.